The van der Waals surface area contributed by atoms with Crippen molar-refractivity contribution in [2.24, 2.45) is 34.5 Å². The molecule has 1 aliphatic heterocycles. The lowest BCUT2D eigenvalue weighted by Gasteiger charge is -2.58. The van der Waals surface area contributed by atoms with Gasteiger partial charge in [-0.3, -0.25) is 9.59 Å². The Hall–Kier alpha value is -1.78. The van der Waals surface area contributed by atoms with Gasteiger partial charge in [0, 0.05) is 18.3 Å². The van der Waals surface area contributed by atoms with Crippen molar-refractivity contribution in [1.82, 2.24) is 0 Å². The number of hydrogen-bond acceptors (Lipinski definition) is 5. The van der Waals surface area contributed by atoms with Gasteiger partial charge in [-0.15, -0.1) is 0 Å². The van der Waals surface area contributed by atoms with E-state index in [1.807, 2.05) is 0 Å². The number of carbonyl (C=O) groups is 2. The molecule has 0 N–H and O–H groups in total. The SMILES string of the molecule is CCOC(=O)[C@H]1C[C@@]2(CC[C@@H]3[C@@H]4CC=C5C=C(OC)CC[C@]5(C)[C@@H]4CC[C@@]32C)OC1=O. The number of rotatable bonds is 3. The molecule has 0 unspecified atom stereocenters. The fourth-order valence-electron chi connectivity index (χ4n) is 8.20. The topological polar surface area (TPSA) is 61.8 Å². The molecular weight excluding hydrogens is 392 g/mol. The van der Waals surface area contributed by atoms with Crippen LogP contribution in [0, 0.1) is 34.5 Å². The molecule has 5 nitrogen and oxygen atoms in total. The van der Waals surface area contributed by atoms with E-state index in [4.69, 9.17) is 14.2 Å². The number of esters is 2. The summed E-state index contributed by atoms with van der Waals surface area (Å²) in [5.74, 6) is 1.38. The predicted octanol–water partition coefficient (Wildman–Crippen LogP) is 4.95. The first-order valence-electron chi connectivity index (χ1n) is 12.1. The molecule has 0 aromatic heterocycles. The minimum atomic E-state index is -0.750. The van der Waals surface area contributed by atoms with Crippen LogP contribution in [0.1, 0.15) is 72.1 Å². The first-order valence-corrected chi connectivity index (χ1v) is 12.1. The van der Waals surface area contributed by atoms with Crippen molar-refractivity contribution < 1.29 is 23.8 Å². The van der Waals surface area contributed by atoms with Crippen LogP contribution in [-0.4, -0.2) is 31.3 Å². The molecule has 0 radical (unpaired) electrons. The number of fused-ring (bicyclic) bond motifs is 6. The highest BCUT2D eigenvalue weighted by atomic mass is 16.6. The van der Waals surface area contributed by atoms with Crippen LogP contribution in [0.25, 0.3) is 0 Å². The van der Waals surface area contributed by atoms with Gasteiger partial charge in [-0.05, 0) is 80.3 Å². The maximum absolute atomic E-state index is 12.7. The van der Waals surface area contributed by atoms with Crippen molar-refractivity contribution in [3.63, 3.8) is 0 Å². The number of allylic oxidation sites excluding steroid dienone is 4. The van der Waals surface area contributed by atoms with Gasteiger partial charge in [-0.1, -0.05) is 19.9 Å². The summed E-state index contributed by atoms with van der Waals surface area (Å²) in [4.78, 5) is 25.1. The van der Waals surface area contributed by atoms with Gasteiger partial charge in [0.1, 0.15) is 5.60 Å². The average molecular weight is 429 g/mol. The third kappa shape index (κ3) is 2.80. The second-order valence-corrected chi connectivity index (χ2v) is 10.9. The molecule has 5 rings (SSSR count). The molecule has 1 saturated heterocycles. The quantitative estimate of drug-likeness (QED) is 0.470. The minimum Gasteiger partial charge on any atom is -0.501 e. The average Bonchev–Trinajstić information content (AvgIpc) is 3.24. The highest BCUT2D eigenvalue weighted by Crippen LogP contribution is 2.69. The van der Waals surface area contributed by atoms with Gasteiger partial charge in [0.15, 0.2) is 5.92 Å². The summed E-state index contributed by atoms with van der Waals surface area (Å²) < 4.78 is 16.9. The van der Waals surface area contributed by atoms with Crippen LogP contribution in [0.2, 0.25) is 0 Å². The summed E-state index contributed by atoms with van der Waals surface area (Å²) in [6.07, 6.45) is 12.7. The van der Waals surface area contributed by atoms with Gasteiger partial charge in [-0.25, -0.2) is 0 Å². The Balaban J connectivity index is 1.43. The third-order valence-corrected chi connectivity index (χ3v) is 9.97. The molecular formula is C26H36O5. The number of ether oxygens (including phenoxy) is 3. The maximum Gasteiger partial charge on any atom is 0.321 e. The van der Waals surface area contributed by atoms with Crippen LogP contribution in [0.5, 0.6) is 0 Å². The molecule has 7 atom stereocenters. The normalized spacial score (nSPS) is 45.7. The van der Waals surface area contributed by atoms with E-state index in [9.17, 15) is 9.59 Å². The zero-order chi connectivity index (χ0) is 22.0. The zero-order valence-corrected chi connectivity index (χ0v) is 19.4. The van der Waals surface area contributed by atoms with Crippen LogP contribution in [0.4, 0.5) is 0 Å². The minimum absolute atomic E-state index is 0.0605. The van der Waals surface area contributed by atoms with E-state index >= 15 is 0 Å². The van der Waals surface area contributed by atoms with E-state index in [1.165, 1.54) is 5.57 Å². The summed E-state index contributed by atoms with van der Waals surface area (Å²) in [7, 11) is 1.77. The Labute approximate surface area is 185 Å². The Morgan fingerprint density at radius 1 is 1.19 bits per heavy atom. The summed E-state index contributed by atoms with van der Waals surface area (Å²) in [6, 6.07) is 0. The smallest absolute Gasteiger partial charge is 0.321 e. The van der Waals surface area contributed by atoms with Gasteiger partial charge in [0.05, 0.1) is 19.5 Å². The van der Waals surface area contributed by atoms with Gasteiger partial charge in [-0.2, -0.15) is 0 Å². The first-order chi connectivity index (χ1) is 14.8. The van der Waals surface area contributed by atoms with Crippen LogP contribution in [-0.2, 0) is 23.8 Å². The fraction of sp³-hybridized carbons (Fsp3) is 0.769. The molecule has 0 bridgehead atoms. The monoisotopic (exact) mass is 428 g/mol. The van der Waals surface area contributed by atoms with Crippen molar-refractivity contribution in [3.05, 3.63) is 23.5 Å². The van der Waals surface area contributed by atoms with Crippen LogP contribution in [0.3, 0.4) is 0 Å². The molecule has 1 spiro atoms. The molecule has 0 aromatic carbocycles. The molecule has 2 saturated carbocycles. The van der Waals surface area contributed by atoms with Gasteiger partial charge >= 0.3 is 11.9 Å². The number of methoxy groups -OCH3 is 1. The molecule has 3 fully saturated rings. The first kappa shape index (κ1) is 21.1. The molecule has 170 valence electrons. The fourth-order valence-corrected chi connectivity index (χ4v) is 8.20. The Morgan fingerprint density at radius 2 is 1.97 bits per heavy atom. The molecule has 0 aromatic rings. The van der Waals surface area contributed by atoms with Gasteiger partial charge in [0.2, 0.25) is 0 Å². The van der Waals surface area contributed by atoms with E-state index < -0.39 is 17.5 Å². The van der Waals surface area contributed by atoms with Gasteiger partial charge in [0.25, 0.3) is 0 Å². The van der Waals surface area contributed by atoms with E-state index in [0.29, 0.717) is 30.8 Å². The molecule has 5 heteroatoms. The highest BCUT2D eigenvalue weighted by Gasteiger charge is 2.69. The lowest BCUT2D eigenvalue weighted by Crippen LogP contribution is -2.54. The molecule has 0 amide bonds. The second kappa shape index (κ2) is 7.11. The van der Waals surface area contributed by atoms with E-state index in [-0.39, 0.29) is 16.8 Å². The molecule has 5 aliphatic rings. The third-order valence-electron chi connectivity index (χ3n) is 9.97. The summed E-state index contributed by atoms with van der Waals surface area (Å²) >= 11 is 0. The van der Waals surface area contributed by atoms with Crippen molar-refractivity contribution in [1.29, 1.82) is 0 Å². The Morgan fingerprint density at radius 3 is 2.71 bits per heavy atom. The van der Waals surface area contributed by atoms with E-state index in [2.05, 4.69) is 26.0 Å². The highest BCUT2D eigenvalue weighted by molar-refractivity contribution is 5.96. The summed E-state index contributed by atoms with van der Waals surface area (Å²) in [6.45, 7) is 6.88. The van der Waals surface area contributed by atoms with Crippen LogP contribution >= 0.6 is 0 Å². The zero-order valence-electron chi connectivity index (χ0n) is 19.4. The van der Waals surface area contributed by atoms with Crippen molar-refractivity contribution in [3.8, 4) is 0 Å². The number of hydrogen-bond donors (Lipinski definition) is 0. The maximum atomic E-state index is 12.7. The van der Waals surface area contributed by atoms with E-state index in [1.54, 1.807) is 14.0 Å². The molecule has 1 heterocycles. The van der Waals surface area contributed by atoms with Gasteiger partial charge < -0.3 is 14.2 Å². The summed E-state index contributed by atoms with van der Waals surface area (Å²) in [5, 5.41) is 0. The van der Waals surface area contributed by atoms with E-state index in [0.717, 1.165) is 50.7 Å². The molecule has 4 aliphatic carbocycles. The predicted molar refractivity (Wildman–Crippen MR) is 116 cm³/mol. The van der Waals surface area contributed by atoms with Crippen molar-refractivity contribution >= 4 is 11.9 Å². The Kier molecular flexibility index (Phi) is 4.84. The standard InChI is InChI=1S/C26H36O5/c1-5-30-22(27)19-15-26(31-23(19)28)13-10-21-18-7-6-16-14-17(29-4)8-11-24(16,2)20(18)9-12-25(21,26)3/h6,14,18-21H,5,7-13,15H2,1-4H3/t18-,19-,20-,21-,24+,25+,26-/m1/s1. The lowest BCUT2D eigenvalue weighted by molar-refractivity contribution is -0.169. The van der Waals surface area contributed by atoms with Crippen LogP contribution < -0.4 is 0 Å². The second-order valence-electron chi connectivity index (χ2n) is 10.9. The van der Waals surface area contributed by atoms with Crippen molar-refractivity contribution in [2.45, 2.75) is 77.7 Å². The largest absolute Gasteiger partial charge is 0.501 e. The lowest BCUT2D eigenvalue weighted by atomic mass is 9.47. The van der Waals surface area contributed by atoms with Crippen molar-refractivity contribution in [2.75, 3.05) is 13.7 Å². The van der Waals surface area contributed by atoms with Crippen LogP contribution in [0.15, 0.2) is 23.5 Å². The summed E-state index contributed by atoms with van der Waals surface area (Å²) in [5.41, 5.74) is 1.11. The molecule has 31 heavy (non-hydrogen) atoms. The number of carbonyl (C=O) groups excluding carboxylic acids is 2. The Bertz CT molecular complexity index is 858.